The van der Waals surface area contributed by atoms with Crippen molar-refractivity contribution in [1.29, 1.82) is 0 Å². The van der Waals surface area contributed by atoms with E-state index in [1.165, 1.54) is 10.2 Å². The number of aryl methyl sites for hydroxylation is 1. The van der Waals surface area contributed by atoms with Crippen LogP contribution >= 0.6 is 0 Å². The number of hydrogen-bond donors (Lipinski definition) is 2. The summed E-state index contributed by atoms with van der Waals surface area (Å²) in [6.45, 7) is 6.17. The van der Waals surface area contributed by atoms with Gasteiger partial charge >= 0.3 is 0 Å². The summed E-state index contributed by atoms with van der Waals surface area (Å²) in [7, 11) is 0. The van der Waals surface area contributed by atoms with E-state index < -0.39 is 0 Å². The number of anilines is 1. The van der Waals surface area contributed by atoms with Crippen molar-refractivity contribution in [3.63, 3.8) is 0 Å². The van der Waals surface area contributed by atoms with Crippen molar-refractivity contribution in [2.45, 2.75) is 26.7 Å². The molecule has 0 aliphatic rings. The third-order valence-corrected chi connectivity index (χ3v) is 2.98. The smallest absolute Gasteiger partial charge is 0.150 e. The largest absolute Gasteiger partial charge is 0.382 e. The molecule has 90 valence electrons. The van der Waals surface area contributed by atoms with E-state index in [1.807, 2.05) is 19.1 Å². The fourth-order valence-electron chi connectivity index (χ4n) is 1.80. The van der Waals surface area contributed by atoms with Crippen LogP contribution in [-0.2, 0) is 0 Å². The Labute approximate surface area is 101 Å². The van der Waals surface area contributed by atoms with Crippen LogP contribution in [0.15, 0.2) is 24.3 Å². The highest BCUT2D eigenvalue weighted by Gasteiger charge is 2.11. The number of hydrogen-bond acceptors (Lipinski definition) is 3. The minimum Gasteiger partial charge on any atom is -0.382 e. The predicted octanol–water partition coefficient (Wildman–Crippen LogP) is 2.28. The van der Waals surface area contributed by atoms with Crippen molar-refractivity contribution >= 4 is 5.82 Å². The molecule has 0 saturated heterocycles. The third-order valence-electron chi connectivity index (χ3n) is 2.98. The molecule has 0 bridgehead atoms. The molecule has 0 aliphatic heterocycles. The fourth-order valence-corrected chi connectivity index (χ4v) is 1.80. The van der Waals surface area contributed by atoms with E-state index in [0.717, 1.165) is 11.3 Å². The third kappa shape index (κ3) is 1.98. The SMILES string of the molecule is Cc1nc(-c2ccc(C(C)C)cc2)c(N)n1N. The minimum atomic E-state index is 0.500. The van der Waals surface area contributed by atoms with E-state index in [4.69, 9.17) is 11.6 Å². The van der Waals surface area contributed by atoms with E-state index in [-0.39, 0.29) is 0 Å². The van der Waals surface area contributed by atoms with Gasteiger partial charge in [0.2, 0.25) is 0 Å². The molecule has 2 rings (SSSR count). The quantitative estimate of drug-likeness (QED) is 0.777. The Morgan fingerprint density at radius 3 is 2.18 bits per heavy atom. The molecule has 1 aromatic heterocycles. The van der Waals surface area contributed by atoms with Crippen molar-refractivity contribution in [3.8, 4) is 11.3 Å². The molecule has 1 heterocycles. The topological polar surface area (TPSA) is 69.9 Å². The number of nitrogen functional groups attached to an aromatic ring is 2. The van der Waals surface area contributed by atoms with Gasteiger partial charge in [-0.05, 0) is 18.4 Å². The number of nitrogens with zero attached hydrogens (tertiary/aromatic N) is 2. The van der Waals surface area contributed by atoms with Gasteiger partial charge in [0.1, 0.15) is 11.5 Å². The molecule has 4 N–H and O–H groups in total. The maximum atomic E-state index is 5.91. The molecular weight excluding hydrogens is 212 g/mol. The van der Waals surface area contributed by atoms with Gasteiger partial charge in [-0.15, -0.1) is 0 Å². The lowest BCUT2D eigenvalue weighted by Crippen LogP contribution is -2.13. The highest BCUT2D eigenvalue weighted by atomic mass is 15.4. The summed E-state index contributed by atoms with van der Waals surface area (Å²) >= 11 is 0. The van der Waals surface area contributed by atoms with Gasteiger partial charge in [0.25, 0.3) is 0 Å². The molecule has 0 atom stereocenters. The second kappa shape index (κ2) is 4.13. The lowest BCUT2D eigenvalue weighted by molar-refractivity contribution is 0.867. The zero-order valence-corrected chi connectivity index (χ0v) is 10.4. The number of benzene rings is 1. The van der Waals surface area contributed by atoms with E-state index in [9.17, 15) is 0 Å². The first-order chi connectivity index (χ1) is 8.00. The van der Waals surface area contributed by atoms with E-state index in [2.05, 4.69) is 31.0 Å². The van der Waals surface area contributed by atoms with Crippen LogP contribution in [0.2, 0.25) is 0 Å². The van der Waals surface area contributed by atoms with Crippen LogP contribution in [0.5, 0.6) is 0 Å². The van der Waals surface area contributed by atoms with Gasteiger partial charge in [0.15, 0.2) is 5.82 Å². The van der Waals surface area contributed by atoms with E-state index >= 15 is 0 Å². The fraction of sp³-hybridized carbons (Fsp3) is 0.308. The van der Waals surface area contributed by atoms with Crippen molar-refractivity contribution in [2.24, 2.45) is 0 Å². The Hall–Kier alpha value is -1.97. The van der Waals surface area contributed by atoms with Crippen LogP contribution in [0.1, 0.15) is 31.2 Å². The molecule has 0 saturated carbocycles. The van der Waals surface area contributed by atoms with Crippen molar-refractivity contribution in [1.82, 2.24) is 9.66 Å². The molecule has 1 aromatic carbocycles. The lowest BCUT2D eigenvalue weighted by Gasteiger charge is -2.06. The van der Waals surface area contributed by atoms with E-state index in [0.29, 0.717) is 17.6 Å². The summed E-state index contributed by atoms with van der Waals surface area (Å²) in [4.78, 5) is 4.37. The predicted molar refractivity (Wildman–Crippen MR) is 71.1 cm³/mol. The average Bonchev–Trinajstić information content (AvgIpc) is 2.57. The molecule has 0 fully saturated rings. The molecule has 4 nitrogen and oxygen atoms in total. The molecule has 2 aromatic rings. The first-order valence-electron chi connectivity index (χ1n) is 5.71. The normalized spacial score (nSPS) is 11.1. The molecule has 4 heteroatoms. The number of rotatable bonds is 2. The Morgan fingerprint density at radius 2 is 1.76 bits per heavy atom. The van der Waals surface area contributed by atoms with Gasteiger partial charge in [-0.25, -0.2) is 9.66 Å². The zero-order chi connectivity index (χ0) is 12.6. The second-order valence-corrected chi connectivity index (χ2v) is 4.54. The maximum Gasteiger partial charge on any atom is 0.150 e. The summed E-state index contributed by atoms with van der Waals surface area (Å²) in [5, 5.41) is 0. The lowest BCUT2D eigenvalue weighted by atomic mass is 10.0. The Morgan fingerprint density at radius 1 is 1.18 bits per heavy atom. The van der Waals surface area contributed by atoms with Crippen molar-refractivity contribution in [3.05, 3.63) is 35.7 Å². The number of aromatic nitrogens is 2. The van der Waals surface area contributed by atoms with Gasteiger partial charge in [0, 0.05) is 5.56 Å². The van der Waals surface area contributed by atoms with E-state index in [1.54, 1.807) is 0 Å². The van der Waals surface area contributed by atoms with Crippen LogP contribution < -0.4 is 11.6 Å². The molecule has 17 heavy (non-hydrogen) atoms. The van der Waals surface area contributed by atoms with Crippen LogP contribution in [0.4, 0.5) is 5.82 Å². The van der Waals surface area contributed by atoms with Gasteiger partial charge in [0.05, 0.1) is 0 Å². The average molecular weight is 230 g/mol. The Balaban J connectivity index is 2.43. The summed E-state index contributed by atoms with van der Waals surface area (Å²) in [5.74, 6) is 7.48. The van der Waals surface area contributed by atoms with Crippen LogP contribution in [0, 0.1) is 6.92 Å². The van der Waals surface area contributed by atoms with Gasteiger partial charge in [-0.3, -0.25) is 0 Å². The van der Waals surface area contributed by atoms with Gasteiger partial charge in [-0.2, -0.15) is 0 Å². The summed E-state index contributed by atoms with van der Waals surface area (Å²) in [6, 6.07) is 8.27. The van der Waals surface area contributed by atoms with Gasteiger partial charge < -0.3 is 11.6 Å². The molecule has 0 unspecified atom stereocenters. The first kappa shape index (κ1) is 11.5. The molecule has 0 aliphatic carbocycles. The summed E-state index contributed by atoms with van der Waals surface area (Å²) in [5.41, 5.74) is 8.96. The summed E-state index contributed by atoms with van der Waals surface area (Å²) < 4.78 is 1.41. The standard InChI is InChI=1S/C13H18N4/c1-8(2)10-4-6-11(7-5-10)12-13(14)17(15)9(3)16-12/h4-8H,14-15H2,1-3H3. The van der Waals surface area contributed by atoms with Crippen molar-refractivity contribution in [2.75, 3.05) is 11.6 Å². The van der Waals surface area contributed by atoms with Crippen LogP contribution in [-0.4, -0.2) is 9.66 Å². The Kier molecular flexibility index (Phi) is 2.79. The highest BCUT2D eigenvalue weighted by molar-refractivity contribution is 5.71. The molecular formula is C13H18N4. The number of imidazole rings is 1. The van der Waals surface area contributed by atoms with Crippen molar-refractivity contribution < 1.29 is 0 Å². The first-order valence-corrected chi connectivity index (χ1v) is 5.71. The minimum absolute atomic E-state index is 0.500. The molecule has 0 radical (unpaired) electrons. The summed E-state index contributed by atoms with van der Waals surface area (Å²) in [6.07, 6.45) is 0. The highest BCUT2D eigenvalue weighted by Crippen LogP contribution is 2.26. The second-order valence-electron chi connectivity index (χ2n) is 4.54. The Bertz CT molecular complexity index is 523. The molecule has 0 amide bonds. The zero-order valence-electron chi connectivity index (χ0n) is 10.4. The van der Waals surface area contributed by atoms with Crippen LogP contribution in [0.25, 0.3) is 11.3 Å². The van der Waals surface area contributed by atoms with Gasteiger partial charge in [-0.1, -0.05) is 38.1 Å². The van der Waals surface area contributed by atoms with Crippen LogP contribution in [0.3, 0.4) is 0 Å². The molecule has 0 spiro atoms. The monoisotopic (exact) mass is 230 g/mol. The maximum absolute atomic E-state index is 5.91. The number of nitrogens with two attached hydrogens (primary N) is 2.